The van der Waals surface area contributed by atoms with Gasteiger partial charge in [0.1, 0.15) is 0 Å². The van der Waals surface area contributed by atoms with Gasteiger partial charge in [-0.3, -0.25) is 0 Å². The number of nitrogens with one attached hydrogen (secondary N) is 1. The van der Waals surface area contributed by atoms with Crippen LogP contribution in [0.1, 0.15) is 18.4 Å². The molecule has 0 radical (unpaired) electrons. The highest BCUT2D eigenvalue weighted by molar-refractivity contribution is 6.42. The fourth-order valence-electron chi connectivity index (χ4n) is 1.62. The van der Waals surface area contributed by atoms with Crippen molar-refractivity contribution in [3.8, 4) is 0 Å². The first-order valence-electron chi connectivity index (χ1n) is 5.51. The summed E-state index contributed by atoms with van der Waals surface area (Å²) in [5.74, 6) is 0. The van der Waals surface area contributed by atoms with Crippen LogP contribution in [0.5, 0.6) is 0 Å². The summed E-state index contributed by atoms with van der Waals surface area (Å²) in [5, 5.41) is 14.2. The lowest BCUT2D eigenvalue weighted by molar-refractivity contribution is 0.171. The molecule has 1 atom stereocenters. The van der Waals surface area contributed by atoms with Gasteiger partial charge in [0.05, 0.1) is 16.1 Å². The van der Waals surface area contributed by atoms with Crippen LogP contribution in [-0.4, -0.2) is 23.8 Å². The monoisotopic (exact) mass is 259 g/mol. The molecular formula is C12H15Cl2NO. The van der Waals surface area contributed by atoms with Crippen LogP contribution >= 0.6 is 23.2 Å². The number of hydrogen-bond acceptors (Lipinski definition) is 2. The third-order valence-electron chi connectivity index (χ3n) is 2.71. The topological polar surface area (TPSA) is 32.3 Å². The van der Waals surface area contributed by atoms with E-state index in [4.69, 9.17) is 23.2 Å². The molecule has 4 heteroatoms. The average molecular weight is 260 g/mol. The van der Waals surface area contributed by atoms with E-state index in [9.17, 15) is 5.11 Å². The van der Waals surface area contributed by atoms with E-state index in [2.05, 4.69) is 5.32 Å². The second-order valence-electron chi connectivity index (χ2n) is 4.25. The molecule has 2 rings (SSSR count). The smallest absolute Gasteiger partial charge is 0.0705 e. The molecule has 2 N–H and O–H groups in total. The van der Waals surface area contributed by atoms with Gasteiger partial charge in [-0.2, -0.15) is 0 Å². The van der Waals surface area contributed by atoms with Crippen LogP contribution in [0.2, 0.25) is 10.0 Å². The summed E-state index contributed by atoms with van der Waals surface area (Å²) in [5.41, 5.74) is 0.902. The van der Waals surface area contributed by atoms with Gasteiger partial charge in [0.2, 0.25) is 0 Å². The number of hydrogen-bond donors (Lipinski definition) is 2. The third kappa shape index (κ3) is 3.36. The summed E-state index contributed by atoms with van der Waals surface area (Å²) < 4.78 is 0. The molecule has 0 aromatic heterocycles. The predicted octanol–water partition coefficient (Wildman–Crippen LogP) is 2.65. The molecule has 16 heavy (non-hydrogen) atoms. The van der Waals surface area contributed by atoms with E-state index in [1.807, 2.05) is 12.1 Å². The number of aliphatic hydroxyl groups excluding tert-OH is 1. The van der Waals surface area contributed by atoms with Crippen molar-refractivity contribution in [2.24, 2.45) is 0 Å². The Morgan fingerprint density at radius 1 is 1.38 bits per heavy atom. The second kappa shape index (κ2) is 5.37. The van der Waals surface area contributed by atoms with Crippen LogP contribution < -0.4 is 5.32 Å². The van der Waals surface area contributed by atoms with Gasteiger partial charge in [0, 0.05) is 19.0 Å². The highest BCUT2D eigenvalue weighted by Crippen LogP contribution is 2.26. The summed E-state index contributed by atoms with van der Waals surface area (Å²) in [6.45, 7) is 0.619. The van der Waals surface area contributed by atoms with Crippen molar-refractivity contribution in [1.82, 2.24) is 5.32 Å². The van der Waals surface area contributed by atoms with Gasteiger partial charge in [-0.1, -0.05) is 35.3 Å². The van der Waals surface area contributed by atoms with Crippen molar-refractivity contribution in [3.05, 3.63) is 33.8 Å². The first kappa shape index (κ1) is 12.2. The van der Waals surface area contributed by atoms with Crippen molar-refractivity contribution in [2.45, 2.75) is 31.4 Å². The lowest BCUT2D eigenvalue weighted by Gasteiger charge is -2.13. The van der Waals surface area contributed by atoms with Crippen molar-refractivity contribution < 1.29 is 5.11 Å². The Morgan fingerprint density at radius 3 is 2.81 bits per heavy atom. The zero-order chi connectivity index (χ0) is 11.5. The van der Waals surface area contributed by atoms with Gasteiger partial charge in [0.25, 0.3) is 0 Å². The van der Waals surface area contributed by atoms with Crippen molar-refractivity contribution in [3.63, 3.8) is 0 Å². The Bertz CT molecular complexity index is 366. The van der Waals surface area contributed by atoms with Gasteiger partial charge >= 0.3 is 0 Å². The Kier molecular flexibility index (Phi) is 4.09. The molecule has 1 aliphatic carbocycles. The number of aliphatic hydroxyl groups is 1. The Morgan fingerprint density at radius 2 is 2.12 bits per heavy atom. The SMILES string of the molecule is OC(CNC1CC1)Cc1cccc(Cl)c1Cl. The molecule has 1 aliphatic rings. The van der Waals surface area contributed by atoms with Gasteiger partial charge in [-0.05, 0) is 24.5 Å². The van der Waals surface area contributed by atoms with Crippen LogP contribution in [0.3, 0.4) is 0 Å². The Labute approximate surface area is 106 Å². The van der Waals surface area contributed by atoms with Crippen LogP contribution in [-0.2, 0) is 6.42 Å². The maximum absolute atomic E-state index is 9.83. The molecule has 1 fully saturated rings. The number of halogens is 2. The van der Waals surface area contributed by atoms with E-state index in [1.165, 1.54) is 12.8 Å². The second-order valence-corrected chi connectivity index (χ2v) is 5.04. The van der Waals surface area contributed by atoms with Crippen LogP contribution in [0.25, 0.3) is 0 Å². The minimum absolute atomic E-state index is 0.406. The fourth-order valence-corrected chi connectivity index (χ4v) is 2.02. The van der Waals surface area contributed by atoms with Gasteiger partial charge in [0.15, 0.2) is 0 Å². The van der Waals surface area contributed by atoms with Crippen molar-refractivity contribution in [2.75, 3.05) is 6.54 Å². The van der Waals surface area contributed by atoms with E-state index >= 15 is 0 Å². The lowest BCUT2D eigenvalue weighted by Crippen LogP contribution is -2.29. The first-order valence-corrected chi connectivity index (χ1v) is 6.26. The minimum atomic E-state index is -0.406. The molecule has 1 saturated carbocycles. The molecule has 0 bridgehead atoms. The number of benzene rings is 1. The highest BCUT2D eigenvalue weighted by Gasteiger charge is 2.21. The molecule has 0 amide bonds. The molecule has 2 nitrogen and oxygen atoms in total. The minimum Gasteiger partial charge on any atom is -0.391 e. The summed E-state index contributed by atoms with van der Waals surface area (Å²) >= 11 is 12.0. The molecule has 0 saturated heterocycles. The van der Waals surface area contributed by atoms with Gasteiger partial charge in [-0.15, -0.1) is 0 Å². The molecule has 0 aliphatic heterocycles. The maximum Gasteiger partial charge on any atom is 0.0705 e. The highest BCUT2D eigenvalue weighted by atomic mass is 35.5. The average Bonchev–Trinajstić information content (AvgIpc) is 3.06. The van der Waals surface area contributed by atoms with E-state index in [0.29, 0.717) is 29.1 Å². The van der Waals surface area contributed by atoms with E-state index < -0.39 is 6.10 Å². The van der Waals surface area contributed by atoms with Gasteiger partial charge in [-0.25, -0.2) is 0 Å². The summed E-state index contributed by atoms with van der Waals surface area (Å²) in [6, 6.07) is 6.12. The quantitative estimate of drug-likeness (QED) is 0.853. The lowest BCUT2D eigenvalue weighted by atomic mass is 10.1. The zero-order valence-corrected chi connectivity index (χ0v) is 10.4. The fraction of sp³-hybridized carbons (Fsp3) is 0.500. The molecule has 0 heterocycles. The van der Waals surface area contributed by atoms with Crippen molar-refractivity contribution >= 4 is 23.2 Å². The summed E-state index contributed by atoms with van der Waals surface area (Å²) in [4.78, 5) is 0. The normalized spacial score (nSPS) is 17.4. The van der Waals surface area contributed by atoms with Gasteiger partial charge < -0.3 is 10.4 Å². The standard InChI is InChI=1S/C12H15Cl2NO/c13-11-3-1-2-8(12(11)14)6-10(16)7-15-9-4-5-9/h1-3,9-10,15-16H,4-7H2. The van der Waals surface area contributed by atoms with E-state index in [0.717, 1.165) is 5.56 Å². The molecular weight excluding hydrogens is 245 g/mol. The first-order chi connectivity index (χ1) is 7.66. The van der Waals surface area contributed by atoms with E-state index in [1.54, 1.807) is 6.07 Å². The number of rotatable bonds is 5. The molecule has 1 aromatic rings. The van der Waals surface area contributed by atoms with Crippen LogP contribution in [0.15, 0.2) is 18.2 Å². The molecule has 88 valence electrons. The Hall–Kier alpha value is -0.280. The van der Waals surface area contributed by atoms with Crippen molar-refractivity contribution in [1.29, 1.82) is 0 Å². The molecule has 0 spiro atoms. The van der Waals surface area contributed by atoms with Crippen LogP contribution in [0, 0.1) is 0 Å². The Balaban J connectivity index is 1.88. The summed E-state index contributed by atoms with van der Waals surface area (Å²) in [6.07, 6.45) is 2.59. The molecule has 1 aromatic carbocycles. The zero-order valence-electron chi connectivity index (χ0n) is 8.92. The predicted molar refractivity (Wildman–Crippen MR) is 67.2 cm³/mol. The van der Waals surface area contributed by atoms with Crippen LogP contribution in [0.4, 0.5) is 0 Å². The largest absolute Gasteiger partial charge is 0.391 e. The third-order valence-corrected chi connectivity index (χ3v) is 3.56. The van der Waals surface area contributed by atoms with E-state index in [-0.39, 0.29) is 0 Å². The maximum atomic E-state index is 9.83. The molecule has 1 unspecified atom stereocenters. The summed E-state index contributed by atoms with van der Waals surface area (Å²) in [7, 11) is 0.